The van der Waals surface area contributed by atoms with Gasteiger partial charge in [-0.15, -0.1) is 0 Å². The second-order valence-electron chi connectivity index (χ2n) is 5.37. The van der Waals surface area contributed by atoms with Gasteiger partial charge in [0, 0.05) is 0 Å². The topological polar surface area (TPSA) is 179 Å². The van der Waals surface area contributed by atoms with Gasteiger partial charge < -0.3 is 0 Å². The van der Waals surface area contributed by atoms with Crippen molar-refractivity contribution in [2.75, 3.05) is 22.4 Å². The van der Waals surface area contributed by atoms with E-state index < -0.39 is 69.8 Å². The maximum atomic E-state index is 11.8. The van der Waals surface area contributed by atoms with E-state index in [4.69, 9.17) is 9.11 Å². The first-order valence-electron chi connectivity index (χ1n) is 7.35. The standard InChI is InChI=1S/C14H16As2N2O8S2.2Na/c19-13-3-1-9(5-11(13)17-7-27(21,22)23)15-16-10-2-4-14(20)12(6-10)18-8-28(24,25)26;;/h1-6,17-20H,7-8H2,(H,21,22,23)(H,24,25,26);;/q;2*+1/p-2. The number of anilines is 2. The summed E-state index contributed by atoms with van der Waals surface area (Å²) in [4.78, 5) is 0. The van der Waals surface area contributed by atoms with Gasteiger partial charge in [0.15, 0.2) is 0 Å². The van der Waals surface area contributed by atoms with Crippen LogP contribution in [0, 0.1) is 0 Å². The smallest absolute Gasteiger partial charge is 1.00 e. The van der Waals surface area contributed by atoms with Gasteiger partial charge in [-0.25, -0.2) is 0 Å². The number of rotatable bonds is 8. The summed E-state index contributed by atoms with van der Waals surface area (Å²) in [5.41, 5.74) is 0.133. The average Bonchev–Trinajstić information content (AvgIpc) is 2.58. The van der Waals surface area contributed by atoms with Gasteiger partial charge in [-0.2, -0.15) is 0 Å². The van der Waals surface area contributed by atoms with Crippen LogP contribution in [0.25, 0.3) is 0 Å². The molecule has 0 unspecified atom stereocenters. The third kappa shape index (κ3) is 11.4. The molecule has 152 valence electrons. The molecular weight excluding hydrogens is 584 g/mol. The average molecular weight is 598 g/mol. The fraction of sp³-hybridized carbons (Fsp3) is 0.143. The predicted octanol–water partition coefficient (Wildman–Crippen LogP) is -8.37. The van der Waals surface area contributed by atoms with Gasteiger partial charge in [0.05, 0.1) is 0 Å². The summed E-state index contributed by atoms with van der Waals surface area (Å²) in [6.07, 6.45) is 0. The normalized spacial score (nSPS) is 11.4. The summed E-state index contributed by atoms with van der Waals surface area (Å²) in [7, 11) is -8.53. The minimum Gasteiger partial charge on any atom is 1.00 e. The number of benzene rings is 2. The molecule has 0 aliphatic carbocycles. The predicted molar refractivity (Wildman–Crippen MR) is 103 cm³/mol. The Morgan fingerprint density at radius 1 is 0.733 bits per heavy atom. The number of nitrogens with one attached hydrogen (secondary N) is 2. The molecule has 2 rings (SSSR count). The Bertz CT molecular complexity index is 1030. The fourth-order valence-corrected chi connectivity index (χ4v) is 9.66. The molecule has 16 heteroatoms. The van der Waals surface area contributed by atoms with Crippen molar-refractivity contribution in [1.29, 1.82) is 0 Å². The van der Waals surface area contributed by atoms with Gasteiger partial charge >= 0.3 is 232 Å². The summed E-state index contributed by atoms with van der Waals surface area (Å²) in [5.74, 6) is -2.36. The Kier molecular flexibility index (Phi) is 13.6. The van der Waals surface area contributed by atoms with Gasteiger partial charge in [0.1, 0.15) is 0 Å². The molecule has 0 saturated carbocycles. The van der Waals surface area contributed by atoms with E-state index in [9.17, 15) is 27.0 Å². The van der Waals surface area contributed by atoms with Gasteiger partial charge in [-0.05, 0) is 0 Å². The van der Waals surface area contributed by atoms with Crippen molar-refractivity contribution >= 4 is 66.6 Å². The van der Waals surface area contributed by atoms with Crippen LogP contribution in [0.1, 0.15) is 0 Å². The molecule has 0 amide bonds. The molecule has 0 bridgehead atoms. The molecule has 0 aliphatic heterocycles. The monoisotopic (exact) mass is 598 g/mol. The quantitative estimate of drug-likeness (QED) is 0.169. The molecule has 0 aromatic heterocycles. The molecule has 0 aliphatic rings. The molecule has 2 aromatic rings. The van der Waals surface area contributed by atoms with Crippen LogP contribution in [0.3, 0.4) is 0 Å². The second kappa shape index (κ2) is 13.3. The van der Waals surface area contributed by atoms with Crippen LogP contribution in [0.15, 0.2) is 36.4 Å². The molecular formula is C14H14As2N2Na2O8S2. The number of hydrogen-bond acceptors (Lipinski definition) is 8. The van der Waals surface area contributed by atoms with Crippen LogP contribution in [-0.4, -0.2) is 64.0 Å². The molecule has 2 aromatic carbocycles. The van der Waals surface area contributed by atoms with E-state index in [1.807, 2.05) is 0 Å². The van der Waals surface area contributed by atoms with Crippen molar-refractivity contribution in [3.05, 3.63) is 36.4 Å². The Morgan fingerprint density at radius 3 is 1.37 bits per heavy atom. The van der Waals surface area contributed by atoms with Crippen molar-refractivity contribution in [3.63, 3.8) is 0 Å². The fourth-order valence-electron chi connectivity index (χ4n) is 1.89. The molecule has 30 heavy (non-hydrogen) atoms. The first-order valence-corrected chi connectivity index (χ1v) is 17.6. The van der Waals surface area contributed by atoms with Crippen LogP contribution >= 0.6 is 0 Å². The van der Waals surface area contributed by atoms with Gasteiger partial charge in [0.2, 0.25) is 0 Å². The van der Waals surface area contributed by atoms with Gasteiger partial charge in [0.25, 0.3) is 0 Å². The second-order valence-corrected chi connectivity index (χ2v) is 15.6. The first-order chi connectivity index (χ1) is 12.9. The van der Waals surface area contributed by atoms with Crippen molar-refractivity contribution in [3.8, 4) is 11.5 Å². The third-order valence-corrected chi connectivity index (χ3v) is 12.6. The molecule has 0 atom stereocenters. The minimum atomic E-state index is -4.27. The van der Waals surface area contributed by atoms with Crippen molar-refractivity contribution in [2.24, 2.45) is 0 Å². The Hall–Kier alpha value is 0.577. The van der Waals surface area contributed by atoms with E-state index in [1.54, 1.807) is 12.1 Å². The zero-order valence-electron chi connectivity index (χ0n) is 15.9. The first kappa shape index (κ1) is 30.6. The van der Waals surface area contributed by atoms with Crippen molar-refractivity contribution < 1.29 is 95.3 Å². The van der Waals surface area contributed by atoms with Crippen LogP contribution in [0.2, 0.25) is 0 Å². The van der Waals surface area contributed by atoms with E-state index in [-0.39, 0.29) is 70.5 Å². The van der Waals surface area contributed by atoms with Crippen LogP contribution < -0.4 is 88.7 Å². The Morgan fingerprint density at radius 2 is 1.07 bits per heavy atom. The van der Waals surface area contributed by atoms with E-state index in [1.165, 1.54) is 24.3 Å². The van der Waals surface area contributed by atoms with Crippen LogP contribution in [0.5, 0.6) is 11.5 Å². The van der Waals surface area contributed by atoms with E-state index in [2.05, 4.69) is 10.6 Å². The van der Waals surface area contributed by atoms with Gasteiger partial charge in [-0.1, -0.05) is 0 Å². The molecule has 0 saturated heterocycles. The molecule has 10 nitrogen and oxygen atoms in total. The van der Waals surface area contributed by atoms with Gasteiger partial charge in [-0.3, -0.25) is 0 Å². The molecule has 0 spiro atoms. The van der Waals surface area contributed by atoms with Crippen molar-refractivity contribution in [1.82, 2.24) is 0 Å². The Balaban J connectivity index is 0.00000420. The number of hydrogen-bond donors (Lipinski definition) is 4. The van der Waals surface area contributed by atoms with E-state index in [0.717, 1.165) is 8.70 Å². The largest absolute Gasteiger partial charge is 1.00 e. The SMILES string of the molecule is O=S(=O)(O)CNc1cc([As]=[As]c2ccc([O-])c(NCS(=O)(=O)O)c2)ccc1[O-].[Na+].[Na+]. The summed E-state index contributed by atoms with van der Waals surface area (Å²) in [5, 5.41) is 28.3. The van der Waals surface area contributed by atoms with E-state index >= 15 is 0 Å². The summed E-state index contributed by atoms with van der Waals surface area (Å²) in [6, 6.07) is 8.94. The molecule has 4 N–H and O–H groups in total. The zero-order chi connectivity index (χ0) is 20.9. The molecule has 0 radical (unpaired) electrons. The van der Waals surface area contributed by atoms with E-state index in [0.29, 0.717) is 0 Å². The zero-order valence-corrected chi connectivity index (χ0v) is 25.3. The summed E-state index contributed by atoms with van der Waals surface area (Å²) < 4.78 is 62.4. The van der Waals surface area contributed by atoms with Crippen LogP contribution in [-0.2, 0) is 20.2 Å². The molecule has 0 fully saturated rings. The third-order valence-electron chi connectivity index (χ3n) is 3.10. The molecule has 0 heterocycles. The maximum Gasteiger partial charge on any atom is 1.00 e. The Labute approximate surface area is 229 Å². The van der Waals surface area contributed by atoms with Crippen LogP contribution in [0.4, 0.5) is 11.4 Å². The summed E-state index contributed by atoms with van der Waals surface area (Å²) >= 11 is -0.816. The minimum absolute atomic E-state index is 0. The van der Waals surface area contributed by atoms with Crippen molar-refractivity contribution in [2.45, 2.75) is 0 Å². The summed E-state index contributed by atoms with van der Waals surface area (Å²) in [6.45, 7) is 0. The maximum absolute atomic E-state index is 11.8.